The number of alkyl halides is 3. The quantitative estimate of drug-likeness (QED) is 0.716. The van der Waals surface area contributed by atoms with Gasteiger partial charge in [0.05, 0.1) is 10.9 Å². The number of fused-ring (bicyclic) bond motifs is 1. The van der Waals surface area contributed by atoms with Gasteiger partial charge in [-0.25, -0.2) is 0 Å². The first-order chi connectivity index (χ1) is 10.4. The number of phenolic OH excluding ortho intramolecular Hbond substituents is 1. The third kappa shape index (κ3) is 2.32. The monoisotopic (exact) mass is 305 g/mol. The molecular weight excluding hydrogens is 295 g/mol. The standard InChI is InChI=1S/C16H10F3NO2/c17-16(18,19)10-4-1-3-9(7-10)12-8-20-15(22)11-5-2-6-13(21)14(11)12/h1-8,21H,(H,20,22). The van der Waals surface area contributed by atoms with E-state index in [4.69, 9.17) is 0 Å². The van der Waals surface area contributed by atoms with Crippen LogP contribution in [0.15, 0.2) is 53.5 Å². The van der Waals surface area contributed by atoms with Crippen molar-refractivity contribution in [1.82, 2.24) is 4.98 Å². The molecule has 0 atom stereocenters. The number of benzene rings is 2. The molecule has 2 aromatic carbocycles. The summed E-state index contributed by atoms with van der Waals surface area (Å²) in [6, 6.07) is 9.13. The highest BCUT2D eigenvalue weighted by Crippen LogP contribution is 2.36. The van der Waals surface area contributed by atoms with E-state index in [1.165, 1.54) is 36.5 Å². The van der Waals surface area contributed by atoms with Gasteiger partial charge in [-0.1, -0.05) is 18.2 Å². The number of halogens is 3. The zero-order valence-corrected chi connectivity index (χ0v) is 11.1. The average Bonchev–Trinajstić information content (AvgIpc) is 2.48. The van der Waals surface area contributed by atoms with Crippen LogP contribution < -0.4 is 5.56 Å². The summed E-state index contributed by atoms with van der Waals surface area (Å²) in [7, 11) is 0. The summed E-state index contributed by atoms with van der Waals surface area (Å²) in [4.78, 5) is 14.3. The summed E-state index contributed by atoms with van der Waals surface area (Å²) >= 11 is 0. The molecule has 0 saturated heterocycles. The Morgan fingerprint density at radius 2 is 1.77 bits per heavy atom. The van der Waals surface area contributed by atoms with Gasteiger partial charge in [-0.2, -0.15) is 13.2 Å². The molecule has 112 valence electrons. The summed E-state index contributed by atoms with van der Waals surface area (Å²) in [5.74, 6) is -0.156. The normalized spacial score (nSPS) is 11.8. The third-order valence-electron chi connectivity index (χ3n) is 3.40. The van der Waals surface area contributed by atoms with Gasteiger partial charge in [-0.15, -0.1) is 0 Å². The Hall–Kier alpha value is -2.76. The highest BCUT2D eigenvalue weighted by Gasteiger charge is 2.30. The first-order valence-corrected chi connectivity index (χ1v) is 6.39. The number of aromatic hydroxyl groups is 1. The molecule has 1 heterocycles. The fraction of sp³-hybridized carbons (Fsp3) is 0.0625. The van der Waals surface area contributed by atoms with Gasteiger partial charge in [-0.05, 0) is 29.8 Å². The summed E-state index contributed by atoms with van der Waals surface area (Å²) in [6.45, 7) is 0. The number of nitrogens with one attached hydrogen (secondary N) is 1. The average molecular weight is 305 g/mol. The molecule has 0 radical (unpaired) electrons. The van der Waals surface area contributed by atoms with E-state index in [1.54, 1.807) is 0 Å². The second-order valence-corrected chi connectivity index (χ2v) is 4.81. The predicted molar refractivity (Wildman–Crippen MR) is 76.7 cm³/mol. The Morgan fingerprint density at radius 3 is 2.50 bits per heavy atom. The number of aromatic nitrogens is 1. The van der Waals surface area contributed by atoms with Crippen LogP contribution in [0.2, 0.25) is 0 Å². The van der Waals surface area contributed by atoms with E-state index in [-0.39, 0.29) is 22.1 Å². The molecule has 0 aliphatic carbocycles. The minimum atomic E-state index is -4.46. The van der Waals surface area contributed by atoms with Crippen LogP contribution >= 0.6 is 0 Å². The van der Waals surface area contributed by atoms with Gasteiger partial charge in [-0.3, -0.25) is 4.79 Å². The molecule has 0 spiro atoms. The van der Waals surface area contributed by atoms with Crippen molar-refractivity contribution in [2.45, 2.75) is 6.18 Å². The van der Waals surface area contributed by atoms with Crippen molar-refractivity contribution in [3.05, 3.63) is 64.6 Å². The molecule has 0 fully saturated rings. The highest BCUT2D eigenvalue weighted by atomic mass is 19.4. The molecule has 0 amide bonds. The summed E-state index contributed by atoms with van der Waals surface area (Å²) in [6.07, 6.45) is -3.16. The van der Waals surface area contributed by atoms with Gasteiger partial charge in [0.2, 0.25) is 0 Å². The zero-order valence-electron chi connectivity index (χ0n) is 11.1. The Kier molecular flexibility index (Phi) is 3.16. The van der Waals surface area contributed by atoms with Gasteiger partial charge in [0.1, 0.15) is 5.75 Å². The van der Waals surface area contributed by atoms with Crippen LogP contribution in [0.5, 0.6) is 5.75 Å². The topological polar surface area (TPSA) is 53.1 Å². The molecule has 2 N–H and O–H groups in total. The van der Waals surface area contributed by atoms with E-state index in [2.05, 4.69) is 4.98 Å². The Bertz CT molecular complexity index is 913. The minimum absolute atomic E-state index is 0.156. The zero-order chi connectivity index (χ0) is 15.9. The fourth-order valence-electron chi connectivity index (χ4n) is 2.39. The highest BCUT2D eigenvalue weighted by molar-refractivity contribution is 5.99. The second kappa shape index (κ2) is 4.91. The maximum absolute atomic E-state index is 12.8. The van der Waals surface area contributed by atoms with Crippen LogP contribution in [-0.2, 0) is 6.18 Å². The number of aromatic amines is 1. The fourth-order valence-corrected chi connectivity index (χ4v) is 2.39. The van der Waals surface area contributed by atoms with Crippen molar-refractivity contribution in [3.8, 4) is 16.9 Å². The van der Waals surface area contributed by atoms with Gasteiger partial charge in [0.15, 0.2) is 0 Å². The molecule has 1 aromatic heterocycles. The van der Waals surface area contributed by atoms with Crippen LogP contribution in [0, 0.1) is 0 Å². The smallest absolute Gasteiger partial charge is 0.416 e. The minimum Gasteiger partial charge on any atom is -0.507 e. The lowest BCUT2D eigenvalue weighted by Gasteiger charge is -2.11. The molecule has 0 aliphatic heterocycles. The Morgan fingerprint density at radius 1 is 1.05 bits per heavy atom. The Labute approximate surface area is 122 Å². The molecule has 3 aromatic rings. The number of phenols is 1. The number of pyridine rings is 1. The van der Waals surface area contributed by atoms with E-state index >= 15 is 0 Å². The van der Waals surface area contributed by atoms with Crippen LogP contribution in [0.3, 0.4) is 0 Å². The molecule has 6 heteroatoms. The summed E-state index contributed by atoms with van der Waals surface area (Å²) in [5.41, 5.74) is -0.613. The molecule has 22 heavy (non-hydrogen) atoms. The van der Waals surface area contributed by atoms with Crippen molar-refractivity contribution in [2.75, 3.05) is 0 Å². The SMILES string of the molecule is O=c1[nH]cc(-c2cccc(C(F)(F)F)c2)c2c(O)cccc12. The number of hydrogen-bond acceptors (Lipinski definition) is 2. The second-order valence-electron chi connectivity index (χ2n) is 4.81. The molecular formula is C16H10F3NO2. The predicted octanol–water partition coefficient (Wildman–Crippen LogP) is 3.92. The van der Waals surface area contributed by atoms with Crippen LogP contribution in [0.25, 0.3) is 21.9 Å². The maximum atomic E-state index is 12.8. The van der Waals surface area contributed by atoms with Crippen molar-refractivity contribution in [3.63, 3.8) is 0 Å². The Balaban J connectivity index is 2.32. The maximum Gasteiger partial charge on any atom is 0.416 e. The third-order valence-corrected chi connectivity index (χ3v) is 3.40. The molecule has 0 bridgehead atoms. The van der Waals surface area contributed by atoms with Crippen LogP contribution in [0.4, 0.5) is 13.2 Å². The molecule has 0 aliphatic rings. The number of hydrogen-bond donors (Lipinski definition) is 2. The van der Waals surface area contributed by atoms with E-state index in [0.717, 1.165) is 12.1 Å². The van der Waals surface area contributed by atoms with Gasteiger partial charge in [0.25, 0.3) is 5.56 Å². The van der Waals surface area contributed by atoms with Crippen molar-refractivity contribution >= 4 is 10.8 Å². The molecule has 0 saturated carbocycles. The van der Waals surface area contributed by atoms with Crippen LogP contribution in [0.1, 0.15) is 5.56 Å². The molecule has 3 nitrogen and oxygen atoms in total. The lowest BCUT2D eigenvalue weighted by atomic mass is 9.98. The van der Waals surface area contributed by atoms with E-state index in [1.807, 2.05) is 0 Å². The number of H-pyrrole nitrogens is 1. The first kappa shape index (κ1) is 14.2. The lowest BCUT2D eigenvalue weighted by Crippen LogP contribution is -2.07. The van der Waals surface area contributed by atoms with Crippen molar-refractivity contribution in [1.29, 1.82) is 0 Å². The number of rotatable bonds is 1. The lowest BCUT2D eigenvalue weighted by molar-refractivity contribution is -0.137. The van der Waals surface area contributed by atoms with E-state index in [0.29, 0.717) is 5.56 Å². The summed E-state index contributed by atoms with van der Waals surface area (Å²) < 4.78 is 38.5. The molecule has 0 unspecified atom stereocenters. The first-order valence-electron chi connectivity index (χ1n) is 6.39. The van der Waals surface area contributed by atoms with Crippen molar-refractivity contribution in [2.24, 2.45) is 0 Å². The largest absolute Gasteiger partial charge is 0.507 e. The van der Waals surface area contributed by atoms with Gasteiger partial charge < -0.3 is 10.1 Å². The van der Waals surface area contributed by atoms with Crippen molar-refractivity contribution < 1.29 is 18.3 Å². The van der Waals surface area contributed by atoms with Gasteiger partial charge >= 0.3 is 6.18 Å². The van der Waals surface area contributed by atoms with E-state index < -0.39 is 17.3 Å². The van der Waals surface area contributed by atoms with E-state index in [9.17, 15) is 23.1 Å². The van der Waals surface area contributed by atoms with Crippen LogP contribution in [-0.4, -0.2) is 10.1 Å². The molecule has 3 rings (SSSR count). The summed E-state index contributed by atoms with van der Waals surface area (Å²) in [5, 5.41) is 10.4. The van der Waals surface area contributed by atoms with Gasteiger partial charge in [0, 0.05) is 17.1 Å².